The minimum absolute atomic E-state index is 0.0507. The molecule has 0 aliphatic carbocycles. The maximum atomic E-state index is 13.1. The van der Waals surface area contributed by atoms with Crippen LogP contribution in [0.15, 0.2) is 48.5 Å². The molecular formula is C22H28N2O3. The highest BCUT2D eigenvalue weighted by molar-refractivity contribution is 5.94. The van der Waals surface area contributed by atoms with Crippen molar-refractivity contribution in [2.45, 2.75) is 19.4 Å². The molecule has 5 nitrogen and oxygen atoms in total. The average molecular weight is 368 g/mol. The number of ether oxygens (including phenoxy) is 2. The molecule has 2 aromatic rings. The highest BCUT2D eigenvalue weighted by Gasteiger charge is 2.28. The van der Waals surface area contributed by atoms with Crippen LogP contribution in [0.25, 0.3) is 0 Å². The average Bonchev–Trinajstić information content (AvgIpc) is 2.74. The summed E-state index contributed by atoms with van der Waals surface area (Å²) in [4.78, 5) is 15.1. The van der Waals surface area contributed by atoms with Gasteiger partial charge in [0.25, 0.3) is 5.91 Å². The fourth-order valence-corrected chi connectivity index (χ4v) is 3.32. The Bertz CT molecular complexity index is 728. The molecule has 2 aromatic carbocycles. The van der Waals surface area contributed by atoms with Crippen LogP contribution in [0, 0.1) is 0 Å². The van der Waals surface area contributed by atoms with Crippen LogP contribution in [0.3, 0.4) is 0 Å². The number of carbonyl (C=O) groups is 1. The van der Waals surface area contributed by atoms with Gasteiger partial charge in [-0.2, -0.15) is 0 Å². The van der Waals surface area contributed by atoms with Crippen LogP contribution in [0.2, 0.25) is 0 Å². The third-order valence-corrected chi connectivity index (χ3v) is 4.93. The van der Waals surface area contributed by atoms with Crippen LogP contribution in [0.1, 0.15) is 34.5 Å². The number of methoxy groups -OCH3 is 1. The molecule has 3 rings (SSSR count). The summed E-state index contributed by atoms with van der Waals surface area (Å²) in [5.41, 5.74) is 3.17. The fraction of sp³-hybridized carbons (Fsp3) is 0.409. The van der Waals surface area contributed by atoms with E-state index in [4.69, 9.17) is 9.47 Å². The number of hydrogen-bond acceptors (Lipinski definition) is 4. The number of piperazine rings is 1. The fourth-order valence-electron chi connectivity index (χ4n) is 3.32. The van der Waals surface area contributed by atoms with Crippen molar-refractivity contribution in [3.8, 4) is 5.75 Å². The van der Waals surface area contributed by atoms with E-state index in [1.165, 1.54) is 11.1 Å². The van der Waals surface area contributed by atoms with Gasteiger partial charge in [-0.05, 0) is 41.8 Å². The van der Waals surface area contributed by atoms with Crippen molar-refractivity contribution in [3.63, 3.8) is 0 Å². The number of nitrogens with zero attached hydrogens (tertiary/aromatic N) is 1. The van der Waals surface area contributed by atoms with Gasteiger partial charge in [0.1, 0.15) is 12.4 Å². The monoisotopic (exact) mass is 368 g/mol. The maximum Gasteiger partial charge on any atom is 0.254 e. The van der Waals surface area contributed by atoms with Gasteiger partial charge in [0, 0.05) is 32.3 Å². The second-order valence-electron chi connectivity index (χ2n) is 6.68. The van der Waals surface area contributed by atoms with E-state index < -0.39 is 0 Å². The summed E-state index contributed by atoms with van der Waals surface area (Å²) in [6, 6.07) is 16.0. The largest absolute Gasteiger partial charge is 0.491 e. The van der Waals surface area contributed by atoms with Gasteiger partial charge in [-0.3, -0.25) is 4.79 Å². The molecule has 5 heteroatoms. The summed E-state index contributed by atoms with van der Waals surface area (Å²) in [6.45, 7) is 5.47. The molecule has 1 N–H and O–H groups in total. The first-order valence-corrected chi connectivity index (χ1v) is 9.55. The normalized spacial score (nSPS) is 17.0. The first-order valence-electron chi connectivity index (χ1n) is 9.55. The second-order valence-corrected chi connectivity index (χ2v) is 6.68. The molecule has 0 radical (unpaired) electrons. The number of rotatable bonds is 7. The Morgan fingerprint density at radius 1 is 1.11 bits per heavy atom. The van der Waals surface area contributed by atoms with Gasteiger partial charge >= 0.3 is 0 Å². The van der Waals surface area contributed by atoms with E-state index >= 15 is 0 Å². The van der Waals surface area contributed by atoms with E-state index in [1.807, 2.05) is 29.2 Å². The molecule has 1 amide bonds. The molecule has 0 saturated carbocycles. The van der Waals surface area contributed by atoms with Gasteiger partial charge in [0.2, 0.25) is 0 Å². The zero-order chi connectivity index (χ0) is 19.1. The van der Waals surface area contributed by atoms with Crippen molar-refractivity contribution < 1.29 is 14.3 Å². The molecule has 0 spiro atoms. The third kappa shape index (κ3) is 4.87. The lowest BCUT2D eigenvalue weighted by Crippen LogP contribution is -2.48. The highest BCUT2D eigenvalue weighted by Crippen LogP contribution is 2.25. The van der Waals surface area contributed by atoms with Crippen molar-refractivity contribution in [2.24, 2.45) is 0 Å². The Kier molecular flexibility index (Phi) is 6.85. The molecule has 1 atom stereocenters. The van der Waals surface area contributed by atoms with Gasteiger partial charge < -0.3 is 19.7 Å². The lowest BCUT2D eigenvalue weighted by atomic mass is 10.00. The first kappa shape index (κ1) is 19.4. The summed E-state index contributed by atoms with van der Waals surface area (Å²) >= 11 is 0. The molecule has 1 unspecified atom stereocenters. The number of hydrogen-bond donors (Lipinski definition) is 1. The van der Waals surface area contributed by atoms with Crippen molar-refractivity contribution >= 4 is 5.91 Å². The van der Waals surface area contributed by atoms with E-state index in [-0.39, 0.29) is 11.9 Å². The number of nitrogens with one attached hydrogen (secondary N) is 1. The number of benzene rings is 2. The van der Waals surface area contributed by atoms with Crippen LogP contribution in [0.4, 0.5) is 0 Å². The number of aryl methyl sites for hydroxylation is 1. The number of amides is 1. The third-order valence-electron chi connectivity index (χ3n) is 4.93. The Morgan fingerprint density at radius 3 is 2.52 bits per heavy atom. The van der Waals surface area contributed by atoms with Gasteiger partial charge in [0.15, 0.2) is 0 Å². The predicted octanol–water partition coefficient (Wildman–Crippen LogP) is 3.06. The maximum absolute atomic E-state index is 13.1. The molecule has 1 aliphatic rings. The van der Waals surface area contributed by atoms with E-state index in [1.54, 1.807) is 7.11 Å². The van der Waals surface area contributed by atoms with E-state index in [0.717, 1.165) is 25.3 Å². The van der Waals surface area contributed by atoms with Gasteiger partial charge in [-0.15, -0.1) is 0 Å². The van der Waals surface area contributed by atoms with Gasteiger partial charge in [-0.25, -0.2) is 0 Å². The standard InChI is InChI=1S/C22H28N2O3/c1-3-17-4-6-18(7-5-17)21-16-23-12-13-24(21)22(25)19-8-10-20(11-9-19)27-15-14-26-2/h4-11,21,23H,3,12-16H2,1-2H3. The molecule has 1 heterocycles. The summed E-state index contributed by atoms with van der Waals surface area (Å²) in [7, 11) is 1.64. The lowest BCUT2D eigenvalue weighted by molar-refractivity contribution is 0.0634. The Balaban J connectivity index is 1.72. The zero-order valence-electron chi connectivity index (χ0n) is 16.1. The molecule has 27 heavy (non-hydrogen) atoms. The van der Waals surface area contributed by atoms with Crippen molar-refractivity contribution in [1.29, 1.82) is 0 Å². The van der Waals surface area contributed by atoms with E-state index in [9.17, 15) is 4.79 Å². The second kappa shape index (κ2) is 9.53. The predicted molar refractivity (Wildman–Crippen MR) is 106 cm³/mol. The van der Waals surface area contributed by atoms with Gasteiger partial charge in [0.05, 0.1) is 12.6 Å². The topological polar surface area (TPSA) is 50.8 Å². The molecule has 1 aliphatic heterocycles. The highest BCUT2D eigenvalue weighted by atomic mass is 16.5. The van der Waals surface area contributed by atoms with Crippen molar-refractivity contribution in [1.82, 2.24) is 10.2 Å². The molecule has 1 fully saturated rings. The lowest BCUT2D eigenvalue weighted by Gasteiger charge is -2.36. The quantitative estimate of drug-likeness (QED) is 0.763. The summed E-state index contributed by atoms with van der Waals surface area (Å²) < 4.78 is 10.6. The van der Waals surface area contributed by atoms with Gasteiger partial charge in [-0.1, -0.05) is 31.2 Å². The smallest absolute Gasteiger partial charge is 0.254 e. The summed E-state index contributed by atoms with van der Waals surface area (Å²) in [5, 5.41) is 3.41. The molecule has 144 valence electrons. The molecule has 0 aromatic heterocycles. The SMILES string of the molecule is CCc1ccc(C2CNCCN2C(=O)c2ccc(OCCOC)cc2)cc1. The first-order chi connectivity index (χ1) is 13.2. The van der Waals surface area contributed by atoms with Crippen molar-refractivity contribution in [3.05, 3.63) is 65.2 Å². The van der Waals surface area contributed by atoms with Crippen LogP contribution in [-0.2, 0) is 11.2 Å². The Morgan fingerprint density at radius 2 is 1.85 bits per heavy atom. The van der Waals surface area contributed by atoms with Crippen LogP contribution in [-0.4, -0.2) is 50.8 Å². The Labute approximate surface area is 161 Å². The molecular weight excluding hydrogens is 340 g/mol. The van der Waals surface area contributed by atoms with E-state index in [2.05, 4.69) is 36.5 Å². The number of carbonyl (C=O) groups excluding carboxylic acids is 1. The van der Waals surface area contributed by atoms with Crippen LogP contribution in [0.5, 0.6) is 5.75 Å². The Hall–Kier alpha value is -2.37. The van der Waals surface area contributed by atoms with Crippen LogP contribution >= 0.6 is 0 Å². The summed E-state index contributed by atoms with van der Waals surface area (Å²) in [5.74, 6) is 0.806. The van der Waals surface area contributed by atoms with Crippen LogP contribution < -0.4 is 10.1 Å². The van der Waals surface area contributed by atoms with Crippen molar-refractivity contribution in [2.75, 3.05) is 40.0 Å². The minimum Gasteiger partial charge on any atom is -0.491 e. The molecule has 0 bridgehead atoms. The van der Waals surface area contributed by atoms with E-state index in [0.29, 0.717) is 25.3 Å². The minimum atomic E-state index is 0.0507. The summed E-state index contributed by atoms with van der Waals surface area (Å²) in [6.07, 6.45) is 1.02. The molecule has 1 saturated heterocycles. The zero-order valence-corrected chi connectivity index (χ0v) is 16.1.